The van der Waals surface area contributed by atoms with Gasteiger partial charge in [0, 0.05) is 24.2 Å². The standard InChI is InChI=1S/C12H19N3OS/c1-8(16-2)7-15-9-5-4-6-10(17-3)11(9)12(13)14/h4-6,8,15H,7H2,1-3H3,(H3,13,14). The van der Waals surface area contributed by atoms with Crippen molar-refractivity contribution in [3.63, 3.8) is 0 Å². The van der Waals surface area contributed by atoms with Gasteiger partial charge < -0.3 is 15.8 Å². The molecule has 0 heterocycles. The molecule has 4 nitrogen and oxygen atoms in total. The maximum Gasteiger partial charge on any atom is 0.126 e. The highest BCUT2D eigenvalue weighted by atomic mass is 32.2. The van der Waals surface area contributed by atoms with Gasteiger partial charge in [-0.15, -0.1) is 11.8 Å². The van der Waals surface area contributed by atoms with Gasteiger partial charge in [0.05, 0.1) is 11.7 Å². The van der Waals surface area contributed by atoms with Crippen molar-refractivity contribution in [1.82, 2.24) is 0 Å². The maximum absolute atomic E-state index is 7.64. The Hall–Kier alpha value is -1.20. The SMILES string of the molecule is COC(C)CNc1cccc(SC)c1C(=N)N. The second-order valence-electron chi connectivity index (χ2n) is 3.72. The van der Waals surface area contributed by atoms with Crippen LogP contribution in [0.4, 0.5) is 5.69 Å². The summed E-state index contributed by atoms with van der Waals surface area (Å²) in [4.78, 5) is 1.01. The molecule has 0 aliphatic heterocycles. The molecule has 0 fully saturated rings. The highest BCUT2D eigenvalue weighted by Gasteiger charge is 2.11. The van der Waals surface area contributed by atoms with E-state index < -0.39 is 0 Å². The normalized spacial score (nSPS) is 12.2. The van der Waals surface area contributed by atoms with Crippen LogP contribution in [0.3, 0.4) is 0 Å². The van der Waals surface area contributed by atoms with E-state index in [1.54, 1.807) is 18.9 Å². The third-order valence-electron chi connectivity index (χ3n) is 2.50. The highest BCUT2D eigenvalue weighted by molar-refractivity contribution is 7.98. The molecule has 0 radical (unpaired) electrons. The lowest BCUT2D eigenvalue weighted by Gasteiger charge is -2.16. The number of hydrogen-bond acceptors (Lipinski definition) is 4. The monoisotopic (exact) mass is 253 g/mol. The van der Waals surface area contributed by atoms with E-state index in [1.165, 1.54) is 0 Å². The quantitative estimate of drug-likeness (QED) is 0.412. The van der Waals surface area contributed by atoms with E-state index in [4.69, 9.17) is 15.9 Å². The number of amidine groups is 1. The number of nitrogens with two attached hydrogens (primary N) is 1. The fraction of sp³-hybridized carbons (Fsp3) is 0.417. The van der Waals surface area contributed by atoms with E-state index in [1.807, 2.05) is 31.4 Å². The van der Waals surface area contributed by atoms with Crippen LogP contribution in [0.25, 0.3) is 0 Å². The van der Waals surface area contributed by atoms with E-state index >= 15 is 0 Å². The Balaban J connectivity index is 2.94. The summed E-state index contributed by atoms with van der Waals surface area (Å²) in [5, 5.41) is 10.9. The van der Waals surface area contributed by atoms with Crippen molar-refractivity contribution >= 4 is 23.3 Å². The van der Waals surface area contributed by atoms with Gasteiger partial charge in [0.15, 0.2) is 0 Å². The molecule has 0 amide bonds. The zero-order valence-corrected chi connectivity index (χ0v) is 11.2. The van der Waals surface area contributed by atoms with Crippen LogP contribution in [-0.2, 0) is 4.74 Å². The molecule has 0 aliphatic carbocycles. The predicted molar refractivity (Wildman–Crippen MR) is 74.2 cm³/mol. The van der Waals surface area contributed by atoms with E-state index in [2.05, 4.69) is 5.32 Å². The van der Waals surface area contributed by atoms with Gasteiger partial charge >= 0.3 is 0 Å². The van der Waals surface area contributed by atoms with Crippen molar-refractivity contribution in [2.24, 2.45) is 5.73 Å². The van der Waals surface area contributed by atoms with Crippen LogP contribution in [0.5, 0.6) is 0 Å². The first-order chi connectivity index (χ1) is 8.10. The fourth-order valence-corrected chi connectivity index (χ4v) is 2.10. The minimum absolute atomic E-state index is 0.0857. The number of ether oxygens (including phenoxy) is 1. The van der Waals surface area contributed by atoms with Crippen molar-refractivity contribution < 1.29 is 4.74 Å². The Morgan fingerprint density at radius 1 is 1.59 bits per heavy atom. The number of nitrogen functional groups attached to an aromatic ring is 1. The van der Waals surface area contributed by atoms with Crippen LogP contribution in [0.1, 0.15) is 12.5 Å². The van der Waals surface area contributed by atoms with Gasteiger partial charge in [-0.1, -0.05) is 6.07 Å². The van der Waals surface area contributed by atoms with E-state index in [0.29, 0.717) is 6.54 Å². The minimum atomic E-state index is 0.0857. The lowest BCUT2D eigenvalue weighted by molar-refractivity contribution is 0.129. The molecular weight excluding hydrogens is 234 g/mol. The molecule has 1 aromatic rings. The largest absolute Gasteiger partial charge is 0.384 e. The van der Waals surface area contributed by atoms with Crippen LogP contribution < -0.4 is 11.1 Å². The van der Waals surface area contributed by atoms with E-state index in [0.717, 1.165) is 16.1 Å². The van der Waals surface area contributed by atoms with Gasteiger partial charge in [0.2, 0.25) is 0 Å². The number of anilines is 1. The average Bonchev–Trinajstić information content (AvgIpc) is 2.34. The molecule has 0 aliphatic rings. The summed E-state index contributed by atoms with van der Waals surface area (Å²) in [5.74, 6) is 0.0857. The molecule has 0 saturated heterocycles. The first-order valence-corrected chi connectivity index (χ1v) is 6.60. The number of hydrogen-bond donors (Lipinski definition) is 3. The Morgan fingerprint density at radius 3 is 2.82 bits per heavy atom. The van der Waals surface area contributed by atoms with E-state index in [9.17, 15) is 0 Å². The van der Waals surface area contributed by atoms with Gasteiger partial charge in [-0.2, -0.15) is 0 Å². The van der Waals surface area contributed by atoms with Crippen molar-refractivity contribution in [2.45, 2.75) is 17.9 Å². The van der Waals surface area contributed by atoms with Crippen molar-refractivity contribution in [1.29, 1.82) is 5.41 Å². The third kappa shape index (κ3) is 3.64. The summed E-state index contributed by atoms with van der Waals surface area (Å²) in [5.41, 5.74) is 7.28. The number of rotatable bonds is 6. The molecule has 0 spiro atoms. The maximum atomic E-state index is 7.64. The Bertz CT molecular complexity index is 395. The Morgan fingerprint density at radius 2 is 2.29 bits per heavy atom. The smallest absolute Gasteiger partial charge is 0.126 e. The molecule has 0 saturated carbocycles. The Labute approximate surface area is 106 Å². The molecule has 1 atom stereocenters. The van der Waals surface area contributed by atoms with Gasteiger partial charge in [0.1, 0.15) is 5.84 Å². The number of thioether (sulfide) groups is 1. The predicted octanol–water partition coefficient (Wildman–Crippen LogP) is 2.14. The lowest BCUT2D eigenvalue weighted by Crippen LogP contribution is -2.21. The topological polar surface area (TPSA) is 71.1 Å². The van der Waals surface area contributed by atoms with Crippen molar-refractivity contribution in [3.8, 4) is 0 Å². The molecule has 1 aromatic carbocycles. The fourth-order valence-electron chi connectivity index (χ4n) is 1.46. The Kier molecular flexibility index (Phi) is 5.31. The molecule has 4 N–H and O–H groups in total. The van der Waals surface area contributed by atoms with E-state index in [-0.39, 0.29) is 11.9 Å². The summed E-state index contributed by atoms with van der Waals surface area (Å²) in [6.45, 7) is 2.67. The van der Waals surface area contributed by atoms with Gasteiger partial charge in [-0.25, -0.2) is 0 Å². The molecule has 0 aromatic heterocycles. The second kappa shape index (κ2) is 6.51. The molecule has 5 heteroatoms. The second-order valence-corrected chi connectivity index (χ2v) is 4.57. The molecule has 17 heavy (non-hydrogen) atoms. The van der Waals surface area contributed by atoms with Gasteiger partial charge in [-0.05, 0) is 25.3 Å². The lowest BCUT2D eigenvalue weighted by atomic mass is 10.1. The molecule has 94 valence electrons. The third-order valence-corrected chi connectivity index (χ3v) is 3.28. The first-order valence-electron chi connectivity index (χ1n) is 5.38. The highest BCUT2D eigenvalue weighted by Crippen LogP contribution is 2.26. The van der Waals surface area contributed by atoms with Crippen LogP contribution in [0.2, 0.25) is 0 Å². The number of methoxy groups -OCH3 is 1. The van der Waals surface area contributed by atoms with Crippen molar-refractivity contribution in [2.75, 3.05) is 25.2 Å². The summed E-state index contributed by atoms with van der Waals surface area (Å²) in [7, 11) is 1.68. The van der Waals surface area contributed by atoms with Crippen LogP contribution in [-0.4, -0.2) is 31.8 Å². The molecular formula is C12H19N3OS. The van der Waals surface area contributed by atoms with Crippen LogP contribution >= 0.6 is 11.8 Å². The van der Waals surface area contributed by atoms with Crippen LogP contribution in [0, 0.1) is 5.41 Å². The minimum Gasteiger partial charge on any atom is -0.384 e. The van der Waals surface area contributed by atoms with Crippen LogP contribution in [0.15, 0.2) is 23.1 Å². The zero-order chi connectivity index (χ0) is 12.8. The van der Waals surface area contributed by atoms with Crippen molar-refractivity contribution in [3.05, 3.63) is 23.8 Å². The first kappa shape index (κ1) is 13.9. The summed E-state index contributed by atoms with van der Waals surface area (Å²) >= 11 is 1.59. The number of benzene rings is 1. The van der Waals surface area contributed by atoms with Gasteiger partial charge in [-0.3, -0.25) is 5.41 Å². The number of nitrogens with one attached hydrogen (secondary N) is 2. The molecule has 1 rings (SSSR count). The molecule has 0 bridgehead atoms. The summed E-state index contributed by atoms with van der Waals surface area (Å²) in [6.07, 6.45) is 2.09. The van der Waals surface area contributed by atoms with Gasteiger partial charge in [0.25, 0.3) is 0 Å². The summed E-state index contributed by atoms with van der Waals surface area (Å²) < 4.78 is 5.18. The average molecular weight is 253 g/mol. The summed E-state index contributed by atoms with van der Waals surface area (Å²) in [6, 6.07) is 5.85. The zero-order valence-electron chi connectivity index (χ0n) is 10.4. The molecule has 1 unspecified atom stereocenters.